The molecule has 4 heteroatoms. The van der Waals surface area contributed by atoms with E-state index in [2.05, 4.69) is 41.6 Å². The Morgan fingerprint density at radius 3 is 2.84 bits per heavy atom. The van der Waals surface area contributed by atoms with Gasteiger partial charge in [0, 0.05) is 54.3 Å². The van der Waals surface area contributed by atoms with Crippen molar-refractivity contribution in [2.45, 2.75) is 62.4 Å². The van der Waals surface area contributed by atoms with Crippen LogP contribution >= 0.6 is 11.8 Å². The summed E-state index contributed by atoms with van der Waals surface area (Å²) >= 11 is 1.84. The van der Waals surface area contributed by atoms with Crippen molar-refractivity contribution in [1.82, 2.24) is 14.9 Å². The molecule has 2 heterocycles. The van der Waals surface area contributed by atoms with Gasteiger partial charge in [0.1, 0.15) is 5.82 Å². The first-order chi connectivity index (χ1) is 12.3. The van der Waals surface area contributed by atoms with Crippen molar-refractivity contribution in [3.63, 3.8) is 0 Å². The molecule has 25 heavy (non-hydrogen) atoms. The van der Waals surface area contributed by atoms with Crippen molar-refractivity contribution >= 4 is 11.8 Å². The standard InChI is InChI=1S/C21H27N3S/c1-25-20-10-6-5-9-17(20)14-24-12-11-19-18(15-24)13-22-21(23-19)16-7-3-2-4-8-16/h5-6,9-10,13,16H,2-4,7-8,11-12,14-15H2,1H3. The van der Waals surface area contributed by atoms with Gasteiger partial charge >= 0.3 is 0 Å². The molecule has 1 aliphatic carbocycles. The molecule has 0 radical (unpaired) electrons. The van der Waals surface area contributed by atoms with Gasteiger partial charge in [-0.15, -0.1) is 11.8 Å². The lowest BCUT2D eigenvalue weighted by Crippen LogP contribution is -2.31. The Morgan fingerprint density at radius 2 is 2.00 bits per heavy atom. The third-order valence-corrected chi connectivity index (χ3v) is 6.43. The normalized spacial score (nSPS) is 18.9. The third kappa shape index (κ3) is 3.90. The second kappa shape index (κ2) is 7.88. The predicted molar refractivity (Wildman–Crippen MR) is 104 cm³/mol. The van der Waals surface area contributed by atoms with Crippen LogP contribution in [-0.4, -0.2) is 27.7 Å². The Kier molecular flexibility index (Phi) is 5.37. The Labute approximate surface area is 155 Å². The molecule has 1 aromatic heterocycles. The molecular formula is C21H27N3S. The molecule has 0 spiro atoms. The number of hydrogen-bond donors (Lipinski definition) is 0. The lowest BCUT2D eigenvalue weighted by molar-refractivity contribution is 0.240. The third-order valence-electron chi connectivity index (χ3n) is 5.59. The van der Waals surface area contributed by atoms with Crippen LogP contribution in [0.15, 0.2) is 35.4 Å². The summed E-state index contributed by atoms with van der Waals surface area (Å²) in [6.07, 6.45) is 11.9. The van der Waals surface area contributed by atoms with Gasteiger partial charge in [-0.05, 0) is 30.7 Å². The second-order valence-electron chi connectivity index (χ2n) is 7.31. The van der Waals surface area contributed by atoms with Gasteiger partial charge < -0.3 is 0 Å². The predicted octanol–water partition coefficient (Wildman–Crippen LogP) is 4.80. The number of rotatable bonds is 4. The number of benzene rings is 1. The van der Waals surface area contributed by atoms with Gasteiger partial charge in [0.2, 0.25) is 0 Å². The Hall–Kier alpha value is -1.39. The number of aromatic nitrogens is 2. The van der Waals surface area contributed by atoms with Gasteiger partial charge in [0.05, 0.1) is 0 Å². The summed E-state index contributed by atoms with van der Waals surface area (Å²) in [5.74, 6) is 1.71. The summed E-state index contributed by atoms with van der Waals surface area (Å²) in [5.41, 5.74) is 4.05. The molecular weight excluding hydrogens is 326 g/mol. The number of nitrogens with zero attached hydrogens (tertiary/aromatic N) is 3. The zero-order valence-electron chi connectivity index (χ0n) is 15.1. The van der Waals surface area contributed by atoms with Crippen LogP contribution in [0.5, 0.6) is 0 Å². The molecule has 132 valence electrons. The summed E-state index contributed by atoms with van der Waals surface area (Å²) in [6.45, 7) is 3.08. The minimum Gasteiger partial charge on any atom is -0.294 e. The first-order valence-electron chi connectivity index (χ1n) is 9.52. The van der Waals surface area contributed by atoms with E-state index in [9.17, 15) is 0 Å². The van der Waals surface area contributed by atoms with Crippen LogP contribution in [0.2, 0.25) is 0 Å². The average molecular weight is 354 g/mol. The zero-order chi connectivity index (χ0) is 17.1. The Bertz CT molecular complexity index is 725. The van der Waals surface area contributed by atoms with Gasteiger partial charge in [-0.3, -0.25) is 4.90 Å². The molecule has 1 aliphatic heterocycles. The molecule has 0 unspecified atom stereocenters. The highest BCUT2D eigenvalue weighted by Crippen LogP contribution is 2.31. The summed E-state index contributed by atoms with van der Waals surface area (Å²) in [5, 5.41) is 0. The van der Waals surface area contributed by atoms with Gasteiger partial charge in [-0.2, -0.15) is 0 Å². The van der Waals surface area contributed by atoms with Gasteiger partial charge in [0.15, 0.2) is 0 Å². The van der Waals surface area contributed by atoms with E-state index in [4.69, 9.17) is 9.97 Å². The van der Waals surface area contributed by atoms with Crippen molar-refractivity contribution in [1.29, 1.82) is 0 Å². The SMILES string of the molecule is CSc1ccccc1CN1CCc2nc(C3CCCCC3)ncc2C1. The van der Waals surface area contributed by atoms with Crippen molar-refractivity contribution in [3.05, 3.63) is 53.1 Å². The molecule has 2 aromatic rings. The molecule has 0 atom stereocenters. The molecule has 2 aliphatic rings. The lowest BCUT2D eigenvalue weighted by Gasteiger charge is -2.29. The Morgan fingerprint density at radius 1 is 1.16 bits per heavy atom. The van der Waals surface area contributed by atoms with E-state index in [0.29, 0.717) is 5.92 Å². The first-order valence-corrected chi connectivity index (χ1v) is 10.7. The topological polar surface area (TPSA) is 29.0 Å². The van der Waals surface area contributed by atoms with Crippen LogP contribution in [0.25, 0.3) is 0 Å². The van der Waals surface area contributed by atoms with E-state index >= 15 is 0 Å². The molecule has 0 saturated heterocycles. The molecule has 0 amide bonds. The van der Waals surface area contributed by atoms with Gasteiger partial charge in [0.25, 0.3) is 0 Å². The van der Waals surface area contributed by atoms with Crippen molar-refractivity contribution < 1.29 is 0 Å². The maximum absolute atomic E-state index is 4.97. The maximum Gasteiger partial charge on any atom is 0.131 e. The van der Waals surface area contributed by atoms with E-state index in [1.54, 1.807) is 0 Å². The molecule has 1 fully saturated rings. The average Bonchev–Trinajstić information content (AvgIpc) is 2.68. The highest BCUT2D eigenvalue weighted by molar-refractivity contribution is 7.98. The largest absolute Gasteiger partial charge is 0.294 e. The fraction of sp³-hybridized carbons (Fsp3) is 0.524. The number of hydrogen-bond acceptors (Lipinski definition) is 4. The summed E-state index contributed by atoms with van der Waals surface area (Å²) in [4.78, 5) is 13.6. The molecule has 1 saturated carbocycles. The minimum absolute atomic E-state index is 0.602. The van der Waals surface area contributed by atoms with E-state index in [0.717, 1.165) is 31.9 Å². The van der Waals surface area contributed by atoms with E-state index in [-0.39, 0.29) is 0 Å². The summed E-state index contributed by atoms with van der Waals surface area (Å²) in [6, 6.07) is 8.75. The first kappa shape index (κ1) is 17.0. The molecule has 0 bridgehead atoms. The van der Waals surface area contributed by atoms with Crippen LogP contribution in [0, 0.1) is 0 Å². The van der Waals surface area contributed by atoms with Crippen molar-refractivity contribution in [2.75, 3.05) is 12.8 Å². The van der Waals surface area contributed by atoms with E-state index < -0.39 is 0 Å². The smallest absolute Gasteiger partial charge is 0.131 e. The van der Waals surface area contributed by atoms with Crippen LogP contribution in [0.1, 0.15) is 60.7 Å². The highest BCUT2D eigenvalue weighted by atomic mass is 32.2. The van der Waals surface area contributed by atoms with Crippen molar-refractivity contribution in [3.8, 4) is 0 Å². The van der Waals surface area contributed by atoms with Gasteiger partial charge in [-0.25, -0.2) is 9.97 Å². The number of thioether (sulfide) groups is 1. The summed E-state index contributed by atoms with van der Waals surface area (Å²) in [7, 11) is 0. The lowest BCUT2D eigenvalue weighted by atomic mass is 9.88. The van der Waals surface area contributed by atoms with Gasteiger partial charge in [-0.1, -0.05) is 37.5 Å². The molecule has 0 N–H and O–H groups in total. The number of fused-ring (bicyclic) bond motifs is 1. The monoisotopic (exact) mass is 353 g/mol. The Balaban J connectivity index is 1.46. The van der Waals surface area contributed by atoms with Crippen LogP contribution < -0.4 is 0 Å². The summed E-state index contributed by atoms with van der Waals surface area (Å²) < 4.78 is 0. The van der Waals surface area contributed by atoms with E-state index in [1.165, 1.54) is 53.8 Å². The van der Waals surface area contributed by atoms with Crippen LogP contribution in [0.3, 0.4) is 0 Å². The molecule has 4 rings (SSSR count). The maximum atomic E-state index is 4.97. The second-order valence-corrected chi connectivity index (χ2v) is 8.16. The quantitative estimate of drug-likeness (QED) is 0.738. The molecule has 1 aromatic carbocycles. The molecule has 3 nitrogen and oxygen atoms in total. The van der Waals surface area contributed by atoms with Crippen molar-refractivity contribution in [2.24, 2.45) is 0 Å². The van der Waals surface area contributed by atoms with Crippen LogP contribution in [0.4, 0.5) is 0 Å². The fourth-order valence-electron chi connectivity index (χ4n) is 4.16. The fourth-order valence-corrected chi connectivity index (χ4v) is 4.77. The zero-order valence-corrected chi connectivity index (χ0v) is 15.9. The van der Waals surface area contributed by atoms with Crippen LogP contribution in [-0.2, 0) is 19.5 Å². The highest BCUT2D eigenvalue weighted by Gasteiger charge is 2.23. The minimum atomic E-state index is 0.602. The van der Waals surface area contributed by atoms with E-state index in [1.807, 2.05) is 11.8 Å².